The molecule has 0 spiro atoms. The SMILES string of the molecule is Cc1ccc(C(C)C)c(OCc2nnc(SCC(=O)Nc3ccccc3)n2N)c1. The second-order valence-electron chi connectivity index (χ2n) is 6.96. The van der Waals surface area contributed by atoms with Crippen LogP contribution in [0.2, 0.25) is 0 Å². The van der Waals surface area contributed by atoms with E-state index in [1.54, 1.807) is 0 Å². The zero-order valence-electron chi connectivity index (χ0n) is 16.8. The number of carbonyl (C=O) groups is 1. The molecule has 2 aromatic carbocycles. The third-order valence-corrected chi connectivity index (χ3v) is 5.22. The number of aromatic nitrogens is 3. The second kappa shape index (κ2) is 9.47. The Morgan fingerprint density at radius 1 is 1.21 bits per heavy atom. The fourth-order valence-electron chi connectivity index (χ4n) is 2.74. The van der Waals surface area contributed by atoms with Gasteiger partial charge in [0.25, 0.3) is 0 Å². The molecule has 0 aliphatic rings. The van der Waals surface area contributed by atoms with Crippen LogP contribution in [0, 0.1) is 6.92 Å². The Bertz CT molecular complexity index is 972. The third kappa shape index (κ3) is 5.51. The molecule has 0 aliphatic heterocycles. The van der Waals surface area contributed by atoms with Crippen LogP contribution in [0.3, 0.4) is 0 Å². The number of nitrogens with zero attached hydrogens (tertiary/aromatic N) is 3. The highest BCUT2D eigenvalue weighted by Gasteiger charge is 2.14. The summed E-state index contributed by atoms with van der Waals surface area (Å²) in [5.41, 5.74) is 3.01. The van der Waals surface area contributed by atoms with Crippen molar-refractivity contribution in [3.05, 3.63) is 65.5 Å². The number of thioether (sulfide) groups is 1. The molecule has 0 saturated heterocycles. The Morgan fingerprint density at radius 2 is 1.97 bits per heavy atom. The maximum Gasteiger partial charge on any atom is 0.234 e. The molecular formula is C21H25N5O2S. The zero-order valence-corrected chi connectivity index (χ0v) is 17.6. The van der Waals surface area contributed by atoms with Crippen molar-refractivity contribution in [1.29, 1.82) is 0 Å². The number of nitrogen functional groups attached to an aromatic ring is 1. The molecule has 1 amide bonds. The van der Waals surface area contributed by atoms with Gasteiger partial charge in [-0.25, -0.2) is 4.68 Å². The minimum absolute atomic E-state index is 0.136. The lowest BCUT2D eigenvalue weighted by molar-refractivity contribution is -0.113. The summed E-state index contributed by atoms with van der Waals surface area (Å²) in [7, 11) is 0. The lowest BCUT2D eigenvalue weighted by atomic mass is 10.0. The van der Waals surface area contributed by atoms with Crippen LogP contribution in [0.25, 0.3) is 0 Å². The van der Waals surface area contributed by atoms with E-state index in [2.05, 4.69) is 41.5 Å². The van der Waals surface area contributed by atoms with Crippen LogP contribution in [0.15, 0.2) is 53.7 Å². The van der Waals surface area contributed by atoms with Gasteiger partial charge in [0.15, 0.2) is 5.82 Å². The number of benzene rings is 2. The van der Waals surface area contributed by atoms with Crippen molar-refractivity contribution in [1.82, 2.24) is 14.9 Å². The summed E-state index contributed by atoms with van der Waals surface area (Å²) in [6.45, 7) is 6.47. The standard InChI is InChI=1S/C21H25N5O2S/c1-14(2)17-10-9-15(3)11-18(17)28-12-19-24-25-21(26(19)22)29-13-20(27)23-16-7-5-4-6-8-16/h4-11,14H,12-13,22H2,1-3H3,(H,23,27). The molecule has 0 fully saturated rings. The van der Waals surface area contributed by atoms with Crippen molar-refractivity contribution < 1.29 is 9.53 Å². The summed E-state index contributed by atoms with van der Waals surface area (Å²) in [6, 6.07) is 15.5. The van der Waals surface area contributed by atoms with Crippen LogP contribution in [0.1, 0.15) is 36.7 Å². The van der Waals surface area contributed by atoms with Gasteiger partial charge in [0.05, 0.1) is 5.75 Å². The number of rotatable bonds is 8. The second-order valence-corrected chi connectivity index (χ2v) is 7.90. The molecule has 0 saturated carbocycles. The van der Waals surface area contributed by atoms with E-state index < -0.39 is 0 Å². The monoisotopic (exact) mass is 411 g/mol. The van der Waals surface area contributed by atoms with Crippen LogP contribution in [0.5, 0.6) is 5.75 Å². The van der Waals surface area contributed by atoms with Crippen molar-refractivity contribution in [2.75, 3.05) is 16.9 Å². The Labute approximate surface area is 174 Å². The summed E-state index contributed by atoms with van der Waals surface area (Å²) < 4.78 is 7.34. The highest BCUT2D eigenvalue weighted by Crippen LogP contribution is 2.28. The quantitative estimate of drug-likeness (QED) is 0.433. The van der Waals surface area contributed by atoms with E-state index in [4.69, 9.17) is 10.6 Å². The Morgan fingerprint density at radius 3 is 2.69 bits per heavy atom. The van der Waals surface area contributed by atoms with E-state index in [0.717, 1.165) is 22.6 Å². The molecule has 8 heteroatoms. The van der Waals surface area contributed by atoms with Gasteiger partial charge >= 0.3 is 0 Å². The number of amides is 1. The average Bonchev–Trinajstić information content (AvgIpc) is 3.05. The molecule has 1 heterocycles. The van der Waals surface area contributed by atoms with Gasteiger partial charge in [-0.3, -0.25) is 4.79 Å². The molecule has 0 radical (unpaired) electrons. The van der Waals surface area contributed by atoms with Gasteiger partial charge in [-0.1, -0.05) is 55.9 Å². The largest absolute Gasteiger partial charge is 0.485 e. The van der Waals surface area contributed by atoms with Crippen molar-refractivity contribution in [2.24, 2.45) is 0 Å². The van der Waals surface area contributed by atoms with Gasteiger partial charge in [0.2, 0.25) is 11.1 Å². The van der Waals surface area contributed by atoms with Crippen LogP contribution in [0.4, 0.5) is 5.69 Å². The first-order chi connectivity index (χ1) is 13.9. The van der Waals surface area contributed by atoms with E-state index in [1.165, 1.54) is 16.4 Å². The Kier molecular flexibility index (Phi) is 6.77. The van der Waals surface area contributed by atoms with E-state index in [-0.39, 0.29) is 18.3 Å². The number of carbonyl (C=O) groups excluding carboxylic acids is 1. The number of aryl methyl sites for hydroxylation is 1. The molecule has 29 heavy (non-hydrogen) atoms. The normalized spacial score (nSPS) is 10.9. The van der Waals surface area contributed by atoms with Crippen LogP contribution < -0.4 is 15.9 Å². The number of hydrogen-bond acceptors (Lipinski definition) is 6. The minimum atomic E-state index is -0.136. The molecule has 0 bridgehead atoms. The van der Waals surface area contributed by atoms with Crippen LogP contribution in [-0.4, -0.2) is 26.5 Å². The van der Waals surface area contributed by atoms with Gasteiger partial charge in [-0.15, -0.1) is 10.2 Å². The predicted molar refractivity (Wildman–Crippen MR) is 116 cm³/mol. The van der Waals surface area contributed by atoms with E-state index in [9.17, 15) is 4.79 Å². The smallest absolute Gasteiger partial charge is 0.234 e. The molecule has 0 unspecified atom stereocenters. The first-order valence-electron chi connectivity index (χ1n) is 9.34. The number of nitrogens with one attached hydrogen (secondary N) is 1. The number of para-hydroxylation sites is 1. The molecule has 152 valence electrons. The van der Waals surface area contributed by atoms with Crippen molar-refractivity contribution >= 4 is 23.4 Å². The van der Waals surface area contributed by atoms with Gasteiger partial charge in [-0.05, 0) is 42.2 Å². The van der Waals surface area contributed by atoms with E-state index >= 15 is 0 Å². The molecule has 3 N–H and O–H groups in total. The molecular weight excluding hydrogens is 386 g/mol. The van der Waals surface area contributed by atoms with E-state index in [1.807, 2.05) is 43.3 Å². The van der Waals surface area contributed by atoms with Gasteiger partial charge < -0.3 is 15.9 Å². The number of hydrogen-bond donors (Lipinski definition) is 2. The minimum Gasteiger partial charge on any atom is -0.485 e. The van der Waals surface area contributed by atoms with E-state index in [0.29, 0.717) is 16.9 Å². The summed E-state index contributed by atoms with van der Waals surface area (Å²) >= 11 is 1.22. The maximum atomic E-state index is 12.1. The lowest BCUT2D eigenvalue weighted by Gasteiger charge is -2.14. The van der Waals surface area contributed by atoms with Crippen LogP contribution in [-0.2, 0) is 11.4 Å². The first-order valence-corrected chi connectivity index (χ1v) is 10.3. The van der Waals surface area contributed by atoms with Crippen molar-refractivity contribution in [2.45, 2.75) is 38.5 Å². The van der Waals surface area contributed by atoms with Gasteiger partial charge in [0.1, 0.15) is 12.4 Å². The molecule has 0 aliphatic carbocycles. The summed E-state index contributed by atoms with van der Waals surface area (Å²) in [6.07, 6.45) is 0. The first kappa shape index (κ1) is 20.7. The highest BCUT2D eigenvalue weighted by molar-refractivity contribution is 7.99. The van der Waals surface area contributed by atoms with Crippen molar-refractivity contribution in [3.8, 4) is 5.75 Å². The number of anilines is 1. The topological polar surface area (TPSA) is 95.1 Å². The fraction of sp³-hybridized carbons (Fsp3) is 0.286. The molecule has 3 aromatic rings. The number of ether oxygens (including phenoxy) is 1. The lowest BCUT2D eigenvalue weighted by Crippen LogP contribution is -2.18. The zero-order chi connectivity index (χ0) is 20.8. The molecule has 7 nitrogen and oxygen atoms in total. The molecule has 0 atom stereocenters. The van der Waals surface area contributed by atoms with Gasteiger partial charge in [-0.2, -0.15) is 0 Å². The van der Waals surface area contributed by atoms with Crippen molar-refractivity contribution in [3.63, 3.8) is 0 Å². The molecule has 1 aromatic heterocycles. The Hall–Kier alpha value is -3.00. The molecule has 3 rings (SSSR count). The summed E-state index contributed by atoms with van der Waals surface area (Å²) in [5, 5.41) is 11.5. The highest BCUT2D eigenvalue weighted by atomic mass is 32.2. The fourth-order valence-corrected chi connectivity index (χ4v) is 3.41. The maximum absolute atomic E-state index is 12.1. The number of nitrogens with two attached hydrogens (primary N) is 1. The predicted octanol–water partition coefficient (Wildman–Crippen LogP) is 3.73. The van der Waals surface area contributed by atoms with Gasteiger partial charge in [0, 0.05) is 5.69 Å². The third-order valence-electron chi connectivity index (χ3n) is 4.27. The Balaban J connectivity index is 1.58. The summed E-state index contributed by atoms with van der Waals surface area (Å²) in [5.74, 6) is 7.79. The van der Waals surface area contributed by atoms with Crippen LogP contribution >= 0.6 is 11.8 Å². The summed E-state index contributed by atoms with van der Waals surface area (Å²) in [4.78, 5) is 12.1. The average molecular weight is 412 g/mol.